The summed E-state index contributed by atoms with van der Waals surface area (Å²) < 4.78 is 5.69. The first kappa shape index (κ1) is 9.46. The summed E-state index contributed by atoms with van der Waals surface area (Å²) in [6.07, 6.45) is 2.06. The minimum Gasteiger partial charge on any atom is -0.440 e. The Labute approximate surface area is 94.0 Å². The van der Waals surface area contributed by atoms with Crippen molar-refractivity contribution in [2.75, 3.05) is 0 Å². The van der Waals surface area contributed by atoms with Gasteiger partial charge in [0.25, 0.3) is 0 Å². The third-order valence-corrected chi connectivity index (χ3v) is 3.17. The second kappa shape index (κ2) is 3.11. The number of benzene rings is 1. The molecule has 16 heavy (non-hydrogen) atoms. The van der Waals surface area contributed by atoms with E-state index >= 15 is 0 Å². The number of oxazole rings is 1. The third kappa shape index (κ3) is 1.18. The van der Waals surface area contributed by atoms with Crippen LogP contribution in [0.2, 0.25) is 0 Å². The Kier molecular flexibility index (Phi) is 1.84. The molecule has 0 amide bonds. The summed E-state index contributed by atoms with van der Waals surface area (Å²) in [5.74, 6) is 0.712. The molecular weight excluding hydrogens is 200 g/mol. The minimum atomic E-state index is 0.712. The van der Waals surface area contributed by atoms with Crippen LogP contribution in [-0.2, 0) is 6.42 Å². The molecule has 1 aromatic carbocycles. The quantitative estimate of drug-likeness (QED) is 0.733. The number of rotatable bonds is 0. The van der Waals surface area contributed by atoms with E-state index in [1.54, 1.807) is 0 Å². The first-order valence-corrected chi connectivity index (χ1v) is 5.51. The molecule has 0 fully saturated rings. The van der Waals surface area contributed by atoms with Crippen LogP contribution in [-0.4, -0.2) is 4.98 Å². The molecule has 0 spiro atoms. The van der Waals surface area contributed by atoms with Gasteiger partial charge >= 0.3 is 0 Å². The van der Waals surface area contributed by atoms with Crippen molar-refractivity contribution >= 4 is 16.7 Å². The number of allylic oxidation sites excluding steroid dienone is 2. The predicted molar refractivity (Wildman–Crippen MR) is 63.8 cm³/mol. The summed E-state index contributed by atoms with van der Waals surface area (Å²) in [6.45, 7) is 3.83. The maximum absolute atomic E-state index is 5.93. The lowest BCUT2D eigenvalue weighted by atomic mass is 10.0. The number of nitrogens with zero attached hydrogens (tertiary/aromatic N) is 1. The molecule has 3 nitrogen and oxygen atoms in total. The molecule has 0 saturated carbocycles. The maximum Gasteiger partial charge on any atom is 0.192 e. The highest BCUT2D eigenvalue weighted by Crippen LogP contribution is 2.38. The van der Waals surface area contributed by atoms with Crippen molar-refractivity contribution in [1.29, 1.82) is 0 Å². The molecule has 0 radical (unpaired) electrons. The molecule has 0 saturated heterocycles. The smallest absolute Gasteiger partial charge is 0.192 e. The largest absolute Gasteiger partial charge is 0.440 e. The van der Waals surface area contributed by atoms with Gasteiger partial charge in [-0.2, -0.15) is 0 Å². The van der Waals surface area contributed by atoms with E-state index in [1.165, 1.54) is 16.7 Å². The molecule has 1 aliphatic carbocycles. The minimum absolute atomic E-state index is 0.712. The Morgan fingerprint density at radius 1 is 1.38 bits per heavy atom. The highest BCUT2D eigenvalue weighted by Gasteiger charge is 2.22. The molecule has 2 N–H and O–H groups in total. The first-order valence-electron chi connectivity index (χ1n) is 5.51. The van der Waals surface area contributed by atoms with Gasteiger partial charge in [0.15, 0.2) is 11.5 Å². The molecule has 0 atom stereocenters. The van der Waals surface area contributed by atoms with Gasteiger partial charge in [-0.3, -0.25) is 0 Å². The van der Waals surface area contributed by atoms with Gasteiger partial charge in [-0.05, 0) is 37.0 Å². The summed E-state index contributed by atoms with van der Waals surface area (Å²) >= 11 is 0. The molecule has 0 unspecified atom stereocenters. The van der Waals surface area contributed by atoms with Gasteiger partial charge in [-0.25, -0.2) is 4.98 Å². The van der Waals surface area contributed by atoms with Gasteiger partial charge < -0.3 is 10.2 Å². The number of aromatic nitrogens is 1. The Hall–Kier alpha value is -1.77. The zero-order chi connectivity index (χ0) is 11.3. The number of fused-ring (bicyclic) bond motifs is 3. The van der Waals surface area contributed by atoms with Crippen molar-refractivity contribution in [2.45, 2.75) is 26.7 Å². The molecule has 82 valence electrons. The molecule has 1 aliphatic rings. The van der Waals surface area contributed by atoms with Crippen molar-refractivity contribution in [3.8, 4) is 0 Å². The van der Waals surface area contributed by atoms with E-state index in [1.807, 2.05) is 19.9 Å². The van der Waals surface area contributed by atoms with Crippen molar-refractivity contribution in [2.24, 2.45) is 5.73 Å². The second-order valence-corrected chi connectivity index (χ2v) is 4.34. The highest BCUT2D eigenvalue weighted by atomic mass is 16.3. The summed E-state index contributed by atoms with van der Waals surface area (Å²) in [5, 5.41) is 0. The molecule has 3 heteroatoms. The predicted octanol–water partition coefficient (Wildman–Crippen LogP) is 2.77. The number of aryl methyl sites for hydroxylation is 2. The summed E-state index contributed by atoms with van der Waals surface area (Å²) in [7, 11) is 0. The van der Waals surface area contributed by atoms with Gasteiger partial charge in [-0.15, -0.1) is 0 Å². The lowest BCUT2D eigenvalue weighted by molar-refractivity contribution is 0.560. The van der Waals surface area contributed by atoms with E-state index < -0.39 is 0 Å². The number of nitrogens with two attached hydrogens (primary N) is 1. The van der Waals surface area contributed by atoms with Crippen LogP contribution in [0.15, 0.2) is 22.2 Å². The van der Waals surface area contributed by atoms with Crippen molar-refractivity contribution < 1.29 is 4.42 Å². The molecule has 1 aromatic heterocycles. The maximum atomic E-state index is 5.93. The monoisotopic (exact) mass is 214 g/mol. The van der Waals surface area contributed by atoms with E-state index in [9.17, 15) is 0 Å². The first-order chi connectivity index (χ1) is 7.66. The fourth-order valence-corrected chi connectivity index (χ4v) is 2.46. The van der Waals surface area contributed by atoms with Crippen LogP contribution in [0.5, 0.6) is 0 Å². The zero-order valence-electron chi connectivity index (χ0n) is 9.50. The summed E-state index contributed by atoms with van der Waals surface area (Å²) in [5.41, 5.74) is 12.4. The average Bonchev–Trinajstić information content (AvgIpc) is 2.77. The van der Waals surface area contributed by atoms with Gasteiger partial charge in [-0.1, -0.05) is 6.07 Å². The van der Waals surface area contributed by atoms with Crippen LogP contribution in [0.3, 0.4) is 0 Å². The Bertz CT molecular complexity index is 604. The Morgan fingerprint density at radius 2 is 2.19 bits per heavy atom. The van der Waals surface area contributed by atoms with Crippen molar-refractivity contribution in [3.05, 3.63) is 34.8 Å². The molecule has 0 aliphatic heterocycles. The topological polar surface area (TPSA) is 52.0 Å². The van der Waals surface area contributed by atoms with E-state index in [0.717, 1.165) is 29.6 Å². The summed E-state index contributed by atoms with van der Waals surface area (Å²) in [4.78, 5) is 4.35. The SMILES string of the molecule is CC(N)=C1CCc2ccc3nc(C)oc3c21. The standard InChI is InChI=1S/C13H14N2O/c1-7(14)10-5-3-9-4-6-11-13(12(9)10)16-8(2)15-11/h4,6H,3,5,14H2,1-2H3. The molecule has 0 bridgehead atoms. The van der Waals surface area contributed by atoms with E-state index in [2.05, 4.69) is 11.1 Å². The summed E-state index contributed by atoms with van der Waals surface area (Å²) in [6, 6.07) is 4.16. The van der Waals surface area contributed by atoms with Crippen LogP contribution < -0.4 is 5.73 Å². The Balaban J connectivity index is 2.41. The number of hydrogen-bond acceptors (Lipinski definition) is 3. The van der Waals surface area contributed by atoms with Crippen LogP contribution in [0, 0.1) is 6.92 Å². The fraction of sp³-hybridized carbons (Fsp3) is 0.308. The number of hydrogen-bond donors (Lipinski definition) is 1. The van der Waals surface area contributed by atoms with Crippen molar-refractivity contribution in [1.82, 2.24) is 4.98 Å². The van der Waals surface area contributed by atoms with Crippen LogP contribution in [0.1, 0.15) is 30.4 Å². The van der Waals surface area contributed by atoms with Crippen LogP contribution >= 0.6 is 0 Å². The van der Waals surface area contributed by atoms with Crippen LogP contribution in [0.4, 0.5) is 0 Å². The molecule has 3 rings (SSSR count). The Morgan fingerprint density at radius 3 is 2.94 bits per heavy atom. The van der Waals surface area contributed by atoms with E-state index in [-0.39, 0.29) is 0 Å². The molecular formula is C13H14N2O. The molecule has 2 aromatic rings. The van der Waals surface area contributed by atoms with Gasteiger partial charge in [0.05, 0.1) is 0 Å². The van der Waals surface area contributed by atoms with E-state index in [0.29, 0.717) is 5.89 Å². The lowest BCUT2D eigenvalue weighted by Crippen LogP contribution is -1.95. The van der Waals surface area contributed by atoms with Gasteiger partial charge in [0.2, 0.25) is 0 Å². The van der Waals surface area contributed by atoms with Crippen LogP contribution in [0.25, 0.3) is 16.7 Å². The van der Waals surface area contributed by atoms with Crippen molar-refractivity contribution in [3.63, 3.8) is 0 Å². The zero-order valence-corrected chi connectivity index (χ0v) is 9.50. The van der Waals surface area contributed by atoms with Gasteiger partial charge in [0.1, 0.15) is 5.52 Å². The fourth-order valence-electron chi connectivity index (χ4n) is 2.46. The third-order valence-electron chi connectivity index (χ3n) is 3.17. The van der Waals surface area contributed by atoms with Gasteiger partial charge in [0, 0.05) is 18.2 Å². The lowest BCUT2D eigenvalue weighted by Gasteiger charge is -2.03. The molecule has 1 heterocycles. The normalized spacial score (nSPS) is 17.9. The second-order valence-electron chi connectivity index (χ2n) is 4.34. The highest BCUT2D eigenvalue weighted by molar-refractivity contribution is 5.92. The van der Waals surface area contributed by atoms with E-state index in [4.69, 9.17) is 10.2 Å². The average molecular weight is 214 g/mol.